The Kier molecular flexibility index (Phi) is 5.70. The van der Waals surface area contributed by atoms with Crippen molar-refractivity contribution in [3.05, 3.63) is 95.3 Å². The molecule has 2 aromatic heterocycles. The summed E-state index contributed by atoms with van der Waals surface area (Å²) in [4.78, 5) is 60.0. The van der Waals surface area contributed by atoms with Crippen LogP contribution in [0.2, 0.25) is 0 Å². The Morgan fingerprint density at radius 1 is 0.610 bits per heavy atom. The van der Waals surface area contributed by atoms with Crippen molar-refractivity contribution in [2.75, 3.05) is 11.5 Å². The van der Waals surface area contributed by atoms with Crippen LogP contribution in [0.3, 0.4) is 0 Å². The monoisotopic (exact) mass is 546 g/mol. The first-order valence-electron chi connectivity index (χ1n) is 12.1. The van der Waals surface area contributed by atoms with Gasteiger partial charge in [0.05, 0.1) is 33.3 Å². The lowest BCUT2D eigenvalue weighted by Crippen LogP contribution is -2.16. The maximum atomic E-state index is 13.5. The molecule has 0 saturated carbocycles. The van der Waals surface area contributed by atoms with Gasteiger partial charge in [0.2, 0.25) is 0 Å². The number of nitrogens with two attached hydrogens (primary N) is 2. The van der Waals surface area contributed by atoms with E-state index < -0.39 is 23.9 Å². The fourth-order valence-corrected chi connectivity index (χ4v) is 5.11. The standard InChI is InChI=1S/C30H18N4O7/c31-15-9-17-23(19(27(35)36)7-13-3-1-5-33-25(13)17)21(11-15)29(39)41-30(40)22-12-16(32)10-18-24(22)20(28(37)38)8-14-4-2-6-34-26(14)18/h1-12H,31-32H2,(H,35,36)(H,37,38). The van der Waals surface area contributed by atoms with Crippen LogP contribution in [-0.4, -0.2) is 44.1 Å². The van der Waals surface area contributed by atoms with Gasteiger partial charge in [0.1, 0.15) is 0 Å². The summed E-state index contributed by atoms with van der Waals surface area (Å²) in [5.74, 6) is -5.04. The Labute approximate surface area is 229 Å². The fourth-order valence-electron chi connectivity index (χ4n) is 5.11. The molecule has 41 heavy (non-hydrogen) atoms. The minimum atomic E-state index is -1.32. The number of nitrogens with zero attached hydrogens (tertiary/aromatic N) is 2. The molecule has 0 radical (unpaired) electrons. The molecule has 6 N–H and O–H groups in total. The van der Waals surface area contributed by atoms with E-state index in [1.165, 1.54) is 48.8 Å². The van der Waals surface area contributed by atoms with Crippen molar-refractivity contribution in [3.8, 4) is 0 Å². The van der Waals surface area contributed by atoms with Gasteiger partial charge in [-0.25, -0.2) is 19.2 Å². The third-order valence-corrected chi connectivity index (χ3v) is 6.73. The number of fused-ring (bicyclic) bond motifs is 6. The molecule has 0 bridgehead atoms. The predicted octanol–water partition coefficient (Wildman–Crippen LogP) is 4.65. The maximum absolute atomic E-state index is 13.5. The third kappa shape index (κ3) is 4.08. The molecule has 200 valence electrons. The van der Waals surface area contributed by atoms with Crippen LogP contribution in [0.5, 0.6) is 0 Å². The molecule has 2 heterocycles. The van der Waals surface area contributed by atoms with E-state index in [9.17, 15) is 29.4 Å². The van der Waals surface area contributed by atoms with E-state index in [0.717, 1.165) is 0 Å². The molecule has 0 aliphatic rings. The Morgan fingerprint density at radius 3 is 1.41 bits per heavy atom. The molecule has 0 saturated heterocycles. The molecule has 6 aromatic rings. The van der Waals surface area contributed by atoms with E-state index in [-0.39, 0.29) is 55.2 Å². The minimum Gasteiger partial charge on any atom is -0.478 e. The van der Waals surface area contributed by atoms with Crippen molar-refractivity contribution < 1.29 is 34.1 Å². The SMILES string of the molecule is Nc1cc(C(=O)OC(=O)c2cc(N)cc3c2c(C(=O)O)cc2cccnc23)c2c(C(=O)O)cc3cccnc3c2c1. The second-order valence-electron chi connectivity index (χ2n) is 9.27. The number of aromatic carboxylic acids is 2. The van der Waals surface area contributed by atoms with Gasteiger partial charge in [-0.1, -0.05) is 12.1 Å². The van der Waals surface area contributed by atoms with E-state index >= 15 is 0 Å². The Hall–Kier alpha value is -6.10. The number of carboxylic acid groups (broad SMARTS) is 2. The number of carbonyl (C=O) groups excluding carboxylic acids is 2. The molecule has 0 spiro atoms. The number of ether oxygens (including phenoxy) is 1. The van der Waals surface area contributed by atoms with E-state index in [0.29, 0.717) is 21.8 Å². The average Bonchev–Trinajstić information content (AvgIpc) is 2.95. The number of rotatable bonds is 4. The summed E-state index contributed by atoms with van der Waals surface area (Å²) in [5.41, 5.74) is 12.1. The van der Waals surface area contributed by atoms with Crippen LogP contribution < -0.4 is 11.5 Å². The number of carbonyl (C=O) groups is 4. The van der Waals surface area contributed by atoms with Crippen LogP contribution in [0.25, 0.3) is 43.4 Å². The minimum absolute atomic E-state index is 0.0189. The lowest BCUT2D eigenvalue weighted by atomic mass is 9.94. The number of hydrogen-bond donors (Lipinski definition) is 4. The van der Waals surface area contributed by atoms with Gasteiger partial charge in [-0.3, -0.25) is 9.97 Å². The van der Waals surface area contributed by atoms with Crippen molar-refractivity contribution in [3.63, 3.8) is 0 Å². The summed E-state index contributed by atoms with van der Waals surface area (Å²) in [7, 11) is 0. The Bertz CT molecular complexity index is 2000. The maximum Gasteiger partial charge on any atom is 0.346 e. The predicted molar refractivity (Wildman–Crippen MR) is 151 cm³/mol. The third-order valence-electron chi connectivity index (χ3n) is 6.73. The second-order valence-corrected chi connectivity index (χ2v) is 9.27. The van der Waals surface area contributed by atoms with Crippen molar-refractivity contribution in [2.24, 2.45) is 0 Å². The average molecular weight is 546 g/mol. The van der Waals surface area contributed by atoms with E-state index in [1.807, 2.05) is 0 Å². The van der Waals surface area contributed by atoms with Crippen molar-refractivity contribution in [2.45, 2.75) is 0 Å². The number of aromatic nitrogens is 2. The zero-order valence-corrected chi connectivity index (χ0v) is 20.9. The van der Waals surface area contributed by atoms with Crippen LogP contribution in [0.15, 0.2) is 73.1 Å². The van der Waals surface area contributed by atoms with Gasteiger partial charge in [0.25, 0.3) is 0 Å². The van der Waals surface area contributed by atoms with Gasteiger partial charge in [0.15, 0.2) is 0 Å². The zero-order valence-electron chi connectivity index (χ0n) is 20.9. The second kappa shape index (κ2) is 9.27. The van der Waals surface area contributed by atoms with Crippen LogP contribution in [-0.2, 0) is 4.74 Å². The van der Waals surface area contributed by atoms with Gasteiger partial charge < -0.3 is 26.4 Å². The fraction of sp³-hybridized carbons (Fsp3) is 0. The molecule has 0 unspecified atom stereocenters. The highest BCUT2D eigenvalue weighted by molar-refractivity contribution is 6.24. The summed E-state index contributed by atoms with van der Waals surface area (Å²) in [6.45, 7) is 0. The molecule has 11 nitrogen and oxygen atoms in total. The van der Waals surface area contributed by atoms with Gasteiger partial charge in [-0.05, 0) is 48.5 Å². The first-order valence-corrected chi connectivity index (χ1v) is 12.1. The normalized spacial score (nSPS) is 11.2. The molecule has 11 heteroatoms. The number of nitrogen functional groups attached to an aromatic ring is 2. The highest BCUT2D eigenvalue weighted by atomic mass is 16.6. The molecular formula is C30H18N4O7. The number of esters is 2. The van der Waals surface area contributed by atoms with Gasteiger partial charge in [-0.2, -0.15) is 0 Å². The summed E-state index contributed by atoms with van der Waals surface area (Å²) in [6.07, 6.45) is 3.02. The summed E-state index contributed by atoms with van der Waals surface area (Å²) in [5, 5.41) is 21.4. The summed E-state index contributed by atoms with van der Waals surface area (Å²) < 4.78 is 5.23. The number of carboxylic acids is 2. The molecular weight excluding hydrogens is 528 g/mol. The smallest absolute Gasteiger partial charge is 0.346 e. The number of hydrogen-bond acceptors (Lipinski definition) is 9. The van der Waals surface area contributed by atoms with Gasteiger partial charge in [0, 0.05) is 56.1 Å². The van der Waals surface area contributed by atoms with Crippen LogP contribution in [0.4, 0.5) is 11.4 Å². The zero-order chi connectivity index (χ0) is 29.0. The summed E-state index contributed by atoms with van der Waals surface area (Å²) >= 11 is 0. The molecule has 0 aliphatic heterocycles. The molecule has 0 fully saturated rings. The number of pyridine rings is 2. The van der Waals surface area contributed by atoms with Crippen molar-refractivity contribution in [1.29, 1.82) is 0 Å². The molecule has 6 rings (SSSR count). The molecule has 0 amide bonds. The Morgan fingerprint density at radius 2 is 1.02 bits per heavy atom. The van der Waals surface area contributed by atoms with Gasteiger partial charge in [-0.15, -0.1) is 0 Å². The quantitative estimate of drug-likeness (QED) is 0.104. The van der Waals surface area contributed by atoms with Crippen molar-refractivity contribution in [1.82, 2.24) is 9.97 Å². The van der Waals surface area contributed by atoms with Crippen molar-refractivity contribution >= 4 is 78.6 Å². The topological polar surface area (TPSA) is 196 Å². The van der Waals surface area contributed by atoms with Gasteiger partial charge >= 0.3 is 23.9 Å². The van der Waals surface area contributed by atoms with Crippen LogP contribution >= 0.6 is 0 Å². The first-order chi connectivity index (χ1) is 19.6. The van der Waals surface area contributed by atoms with E-state index in [1.54, 1.807) is 24.3 Å². The number of anilines is 2. The van der Waals surface area contributed by atoms with E-state index in [2.05, 4.69) is 9.97 Å². The highest BCUT2D eigenvalue weighted by Crippen LogP contribution is 2.35. The lowest BCUT2D eigenvalue weighted by molar-refractivity contribution is 0.0400. The summed E-state index contributed by atoms with van der Waals surface area (Å²) in [6, 6.07) is 14.7. The van der Waals surface area contributed by atoms with Crippen LogP contribution in [0.1, 0.15) is 41.4 Å². The molecule has 4 aromatic carbocycles. The number of benzene rings is 4. The molecule has 0 atom stereocenters. The Balaban J connectivity index is 1.54. The lowest BCUT2D eigenvalue weighted by Gasteiger charge is -2.14. The highest BCUT2D eigenvalue weighted by Gasteiger charge is 2.26. The largest absolute Gasteiger partial charge is 0.478 e. The van der Waals surface area contributed by atoms with E-state index in [4.69, 9.17) is 16.2 Å². The first kappa shape index (κ1) is 25.2. The molecule has 0 aliphatic carbocycles. The van der Waals surface area contributed by atoms with Crippen LogP contribution in [0, 0.1) is 0 Å².